The molecular weight excluding hydrogens is 258 g/mol. The second-order valence-corrected chi connectivity index (χ2v) is 3.64. The van der Waals surface area contributed by atoms with Crippen LogP contribution < -0.4 is 11.1 Å². The number of halogens is 2. The van der Waals surface area contributed by atoms with Crippen molar-refractivity contribution in [3.8, 4) is 0 Å². The minimum absolute atomic E-state index is 0.0452. The Kier molecular flexibility index (Phi) is 3.23. The Morgan fingerprint density at radius 2 is 2.00 bits per heavy atom. The number of hydrogen-bond acceptors (Lipinski definition) is 5. The Bertz CT molecular complexity index is 649. The fraction of sp³-hybridized carbons (Fsp3) is 0. The summed E-state index contributed by atoms with van der Waals surface area (Å²) >= 11 is 0. The molecule has 0 aliphatic heterocycles. The first-order valence-electron chi connectivity index (χ1n) is 5.10. The molecular formula is C11H8F2N4O2. The number of nitrogen functional groups attached to an aromatic ring is 1. The van der Waals surface area contributed by atoms with Gasteiger partial charge in [0.2, 0.25) is 0 Å². The van der Waals surface area contributed by atoms with Gasteiger partial charge in [0.05, 0.1) is 22.7 Å². The molecule has 0 amide bonds. The molecule has 98 valence electrons. The quantitative estimate of drug-likeness (QED) is 0.657. The van der Waals surface area contributed by atoms with Crippen molar-refractivity contribution < 1.29 is 13.7 Å². The van der Waals surface area contributed by atoms with E-state index in [0.29, 0.717) is 0 Å². The van der Waals surface area contributed by atoms with E-state index in [4.69, 9.17) is 5.73 Å². The Labute approximate surface area is 106 Å². The average Bonchev–Trinajstić information content (AvgIpc) is 2.33. The topological polar surface area (TPSA) is 94.1 Å². The molecule has 0 spiro atoms. The van der Waals surface area contributed by atoms with Crippen LogP contribution in [0.2, 0.25) is 0 Å². The molecule has 2 rings (SSSR count). The zero-order chi connectivity index (χ0) is 14.0. The summed E-state index contributed by atoms with van der Waals surface area (Å²) in [5, 5.41) is 13.1. The van der Waals surface area contributed by atoms with E-state index >= 15 is 0 Å². The number of nitrogens with one attached hydrogen (secondary N) is 1. The molecule has 0 aliphatic carbocycles. The zero-order valence-electron chi connectivity index (χ0n) is 9.43. The van der Waals surface area contributed by atoms with Crippen LogP contribution in [-0.2, 0) is 0 Å². The number of hydrogen-bond donors (Lipinski definition) is 2. The maximum atomic E-state index is 13.4. The third kappa shape index (κ3) is 2.92. The van der Waals surface area contributed by atoms with Crippen molar-refractivity contribution in [1.29, 1.82) is 0 Å². The predicted octanol–water partition coefficient (Wildman–Crippen LogP) is 2.59. The van der Waals surface area contributed by atoms with Crippen molar-refractivity contribution in [2.24, 2.45) is 0 Å². The lowest BCUT2D eigenvalue weighted by atomic mass is 10.3. The van der Waals surface area contributed by atoms with Gasteiger partial charge in [0.1, 0.15) is 23.3 Å². The van der Waals surface area contributed by atoms with Crippen LogP contribution in [0.3, 0.4) is 0 Å². The summed E-state index contributed by atoms with van der Waals surface area (Å²) in [6.07, 6.45) is 0. The summed E-state index contributed by atoms with van der Waals surface area (Å²) in [6, 6.07) is 4.92. The minimum Gasteiger partial charge on any atom is -0.383 e. The lowest BCUT2D eigenvalue weighted by Gasteiger charge is -2.07. The SMILES string of the molecule is Nc1cc([N+](=O)[O-])cc(Nc2cc(F)ccc2F)n1. The highest BCUT2D eigenvalue weighted by Crippen LogP contribution is 2.24. The van der Waals surface area contributed by atoms with Gasteiger partial charge in [0.25, 0.3) is 5.69 Å². The van der Waals surface area contributed by atoms with Gasteiger partial charge in [-0.1, -0.05) is 0 Å². The molecule has 0 aliphatic rings. The second kappa shape index (κ2) is 4.84. The number of aromatic nitrogens is 1. The Morgan fingerprint density at radius 3 is 2.68 bits per heavy atom. The Hall–Kier alpha value is -2.77. The van der Waals surface area contributed by atoms with Crippen molar-refractivity contribution in [1.82, 2.24) is 4.98 Å². The molecule has 1 aromatic carbocycles. The van der Waals surface area contributed by atoms with Crippen molar-refractivity contribution in [2.75, 3.05) is 11.1 Å². The van der Waals surface area contributed by atoms with Crippen LogP contribution in [0.5, 0.6) is 0 Å². The first-order valence-corrected chi connectivity index (χ1v) is 5.10. The minimum atomic E-state index is -0.715. The molecule has 0 fully saturated rings. The molecule has 0 bridgehead atoms. The average molecular weight is 266 g/mol. The van der Waals surface area contributed by atoms with E-state index in [0.717, 1.165) is 30.3 Å². The first-order chi connectivity index (χ1) is 8.95. The number of nitro groups is 1. The van der Waals surface area contributed by atoms with Gasteiger partial charge < -0.3 is 11.1 Å². The van der Waals surface area contributed by atoms with Crippen LogP contribution in [0.25, 0.3) is 0 Å². The summed E-state index contributed by atoms with van der Waals surface area (Å²) in [4.78, 5) is 13.7. The lowest BCUT2D eigenvalue weighted by molar-refractivity contribution is -0.384. The lowest BCUT2D eigenvalue weighted by Crippen LogP contribution is -2.01. The molecule has 0 radical (unpaired) electrons. The van der Waals surface area contributed by atoms with Gasteiger partial charge in [-0.05, 0) is 12.1 Å². The molecule has 0 saturated heterocycles. The van der Waals surface area contributed by atoms with E-state index in [-0.39, 0.29) is 23.0 Å². The normalized spacial score (nSPS) is 10.2. The number of pyridine rings is 1. The van der Waals surface area contributed by atoms with Crippen LogP contribution in [0, 0.1) is 21.7 Å². The fourth-order valence-electron chi connectivity index (χ4n) is 1.44. The highest BCUT2D eigenvalue weighted by atomic mass is 19.1. The predicted molar refractivity (Wildman–Crippen MR) is 64.9 cm³/mol. The number of nitrogens with two attached hydrogens (primary N) is 1. The standard InChI is InChI=1S/C11H8F2N4O2/c12-6-1-2-8(13)9(3-6)15-11-5-7(17(18)19)4-10(14)16-11/h1-5H,(H3,14,15,16). The smallest absolute Gasteiger partial charge is 0.276 e. The number of nitrogens with zero attached hydrogens (tertiary/aromatic N) is 2. The fourth-order valence-corrected chi connectivity index (χ4v) is 1.44. The van der Waals surface area contributed by atoms with Crippen molar-refractivity contribution >= 4 is 23.0 Å². The third-order valence-corrected chi connectivity index (χ3v) is 2.23. The number of rotatable bonds is 3. The van der Waals surface area contributed by atoms with Crippen LogP contribution in [-0.4, -0.2) is 9.91 Å². The molecule has 1 heterocycles. The van der Waals surface area contributed by atoms with Gasteiger partial charge >= 0.3 is 0 Å². The van der Waals surface area contributed by atoms with Gasteiger partial charge in [-0.25, -0.2) is 13.8 Å². The highest BCUT2D eigenvalue weighted by molar-refractivity contribution is 5.61. The van der Waals surface area contributed by atoms with Crippen LogP contribution in [0.4, 0.5) is 31.8 Å². The molecule has 1 aromatic heterocycles. The van der Waals surface area contributed by atoms with E-state index in [1.165, 1.54) is 0 Å². The van der Waals surface area contributed by atoms with Crippen molar-refractivity contribution in [3.63, 3.8) is 0 Å². The molecule has 8 heteroatoms. The van der Waals surface area contributed by atoms with Gasteiger partial charge in [-0.3, -0.25) is 10.1 Å². The Balaban J connectivity index is 2.38. The van der Waals surface area contributed by atoms with E-state index < -0.39 is 16.6 Å². The zero-order valence-corrected chi connectivity index (χ0v) is 9.43. The summed E-state index contributed by atoms with van der Waals surface area (Å²) in [6.45, 7) is 0. The Morgan fingerprint density at radius 1 is 1.26 bits per heavy atom. The molecule has 3 N–H and O–H groups in total. The van der Waals surface area contributed by atoms with Gasteiger partial charge in [0, 0.05) is 6.07 Å². The molecule has 0 unspecified atom stereocenters. The maximum Gasteiger partial charge on any atom is 0.276 e. The summed E-state index contributed by atoms with van der Waals surface area (Å²) in [7, 11) is 0. The first kappa shape index (κ1) is 12.7. The summed E-state index contributed by atoms with van der Waals surface area (Å²) < 4.78 is 26.4. The largest absolute Gasteiger partial charge is 0.383 e. The maximum absolute atomic E-state index is 13.4. The highest BCUT2D eigenvalue weighted by Gasteiger charge is 2.11. The van der Waals surface area contributed by atoms with Crippen molar-refractivity contribution in [3.05, 3.63) is 52.1 Å². The van der Waals surface area contributed by atoms with E-state index in [1.807, 2.05) is 0 Å². The van der Waals surface area contributed by atoms with E-state index in [9.17, 15) is 18.9 Å². The summed E-state index contributed by atoms with van der Waals surface area (Å²) in [5.74, 6) is -1.51. The van der Waals surface area contributed by atoms with Gasteiger partial charge in [0.15, 0.2) is 0 Å². The van der Waals surface area contributed by atoms with E-state index in [2.05, 4.69) is 10.3 Å². The molecule has 0 atom stereocenters. The molecule has 0 saturated carbocycles. The second-order valence-electron chi connectivity index (χ2n) is 3.64. The van der Waals surface area contributed by atoms with Crippen LogP contribution >= 0.6 is 0 Å². The number of benzene rings is 1. The van der Waals surface area contributed by atoms with Gasteiger partial charge in [-0.15, -0.1) is 0 Å². The van der Waals surface area contributed by atoms with Crippen molar-refractivity contribution in [2.45, 2.75) is 0 Å². The molecule has 2 aromatic rings. The van der Waals surface area contributed by atoms with Crippen LogP contribution in [0.1, 0.15) is 0 Å². The van der Waals surface area contributed by atoms with Crippen LogP contribution in [0.15, 0.2) is 30.3 Å². The third-order valence-electron chi connectivity index (χ3n) is 2.23. The summed E-state index contributed by atoms with van der Waals surface area (Å²) in [5.41, 5.74) is 4.91. The van der Waals surface area contributed by atoms with E-state index in [1.54, 1.807) is 0 Å². The number of anilines is 3. The molecule has 19 heavy (non-hydrogen) atoms. The van der Waals surface area contributed by atoms with Gasteiger partial charge in [-0.2, -0.15) is 0 Å². The monoisotopic (exact) mass is 266 g/mol. The molecule has 6 nitrogen and oxygen atoms in total.